The van der Waals surface area contributed by atoms with Gasteiger partial charge in [-0.25, -0.2) is 0 Å². The smallest absolute Gasteiger partial charge is 0.265 e. The Balaban J connectivity index is 1.40. The Kier molecular flexibility index (Phi) is 9.33. The molecule has 2 aliphatic rings. The number of carbonyl (C=O) groups excluding carboxylic acids is 3. The van der Waals surface area contributed by atoms with Gasteiger partial charge in [-0.1, -0.05) is 59.6 Å². The number of hydrogen-bond acceptors (Lipinski definition) is 6. The highest BCUT2D eigenvalue weighted by Gasteiger charge is 2.32. The Hall–Kier alpha value is -3.63. The van der Waals surface area contributed by atoms with Crippen molar-refractivity contribution < 1.29 is 23.9 Å². The Morgan fingerprint density at radius 3 is 2.43 bits per heavy atom. The summed E-state index contributed by atoms with van der Waals surface area (Å²) in [4.78, 5) is 44.1. The van der Waals surface area contributed by atoms with Gasteiger partial charge in [0.25, 0.3) is 11.8 Å². The van der Waals surface area contributed by atoms with E-state index in [2.05, 4.69) is 10.2 Å². The molecule has 42 heavy (non-hydrogen) atoms. The van der Waals surface area contributed by atoms with Crippen molar-refractivity contribution in [3.8, 4) is 16.9 Å². The molecule has 1 saturated heterocycles. The van der Waals surface area contributed by atoms with Crippen molar-refractivity contribution >= 4 is 46.6 Å². The topological polar surface area (TPSA) is 91.4 Å². The SMILES string of the molecule is CNC(=O)c1cccc(-c2ccc(C(CN3CCOCC3)N(C)C(=O)CN3C(=O)COc4cc(Cl)c(Cl)cc43)cc2)c1. The van der Waals surface area contributed by atoms with Gasteiger partial charge in [0.2, 0.25) is 5.91 Å². The first kappa shape index (κ1) is 29.8. The van der Waals surface area contributed by atoms with E-state index in [-0.39, 0.29) is 41.9 Å². The van der Waals surface area contributed by atoms with E-state index in [9.17, 15) is 14.4 Å². The average Bonchev–Trinajstić information content (AvgIpc) is 3.02. The fourth-order valence-corrected chi connectivity index (χ4v) is 5.46. The van der Waals surface area contributed by atoms with Crippen LogP contribution in [0.2, 0.25) is 10.0 Å². The molecule has 3 amide bonds. The molecule has 9 nitrogen and oxygen atoms in total. The van der Waals surface area contributed by atoms with Gasteiger partial charge >= 0.3 is 0 Å². The van der Waals surface area contributed by atoms with E-state index >= 15 is 0 Å². The van der Waals surface area contributed by atoms with Crippen molar-refractivity contribution in [2.75, 3.05) is 65.0 Å². The molecule has 220 valence electrons. The third kappa shape index (κ3) is 6.55. The van der Waals surface area contributed by atoms with E-state index in [4.69, 9.17) is 32.7 Å². The summed E-state index contributed by atoms with van der Waals surface area (Å²) in [5, 5.41) is 3.23. The molecule has 1 unspecified atom stereocenters. The number of likely N-dealkylation sites (N-methyl/N-ethyl adjacent to an activating group) is 1. The molecule has 2 aliphatic heterocycles. The molecule has 0 spiro atoms. The molecular weight excluding hydrogens is 579 g/mol. The largest absolute Gasteiger partial charge is 0.482 e. The van der Waals surface area contributed by atoms with Gasteiger partial charge in [-0.15, -0.1) is 0 Å². The number of ether oxygens (including phenoxy) is 2. The number of carbonyl (C=O) groups is 3. The van der Waals surface area contributed by atoms with Gasteiger partial charge in [-0.05, 0) is 34.9 Å². The predicted octanol–water partition coefficient (Wildman–Crippen LogP) is 4.28. The van der Waals surface area contributed by atoms with E-state index in [1.54, 1.807) is 37.2 Å². The molecule has 3 aromatic rings. The number of benzene rings is 3. The molecule has 1 atom stereocenters. The van der Waals surface area contributed by atoms with Crippen LogP contribution in [0.5, 0.6) is 5.75 Å². The Bertz CT molecular complexity index is 1480. The Labute approximate surface area is 254 Å². The summed E-state index contributed by atoms with van der Waals surface area (Å²) in [5.41, 5.74) is 3.81. The maximum Gasteiger partial charge on any atom is 0.265 e. The lowest BCUT2D eigenvalue weighted by Gasteiger charge is -2.37. The molecule has 11 heteroatoms. The molecule has 0 aliphatic carbocycles. The van der Waals surface area contributed by atoms with Crippen LogP contribution < -0.4 is 15.0 Å². The van der Waals surface area contributed by atoms with Gasteiger partial charge in [0.15, 0.2) is 6.61 Å². The summed E-state index contributed by atoms with van der Waals surface area (Å²) >= 11 is 12.4. The second kappa shape index (κ2) is 13.1. The van der Waals surface area contributed by atoms with Crippen LogP contribution in [0, 0.1) is 0 Å². The van der Waals surface area contributed by atoms with Crippen molar-refractivity contribution in [3.05, 3.63) is 81.8 Å². The Morgan fingerprint density at radius 2 is 1.71 bits per heavy atom. The minimum absolute atomic E-state index is 0.147. The maximum absolute atomic E-state index is 13.7. The zero-order valence-electron chi connectivity index (χ0n) is 23.4. The first-order valence-electron chi connectivity index (χ1n) is 13.7. The summed E-state index contributed by atoms with van der Waals surface area (Å²) in [7, 11) is 3.36. The van der Waals surface area contributed by atoms with Crippen LogP contribution in [0.15, 0.2) is 60.7 Å². The minimum Gasteiger partial charge on any atom is -0.482 e. The molecule has 0 saturated carbocycles. The summed E-state index contributed by atoms with van der Waals surface area (Å²) < 4.78 is 11.1. The van der Waals surface area contributed by atoms with E-state index in [1.165, 1.54) is 4.90 Å². The van der Waals surface area contributed by atoms with Crippen molar-refractivity contribution in [2.45, 2.75) is 6.04 Å². The van der Waals surface area contributed by atoms with Crippen molar-refractivity contribution in [2.24, 2.45) is 0 Å². The minimum atomic E-state index is -0.337. The number of nitrogens with one attached hydrogen (secondary N) is 1. The van der Waals surface area contributed by atoms with Gasteiger partial charge in [-0.2, -0.15) is 0 Å². The van der Waals surface area contributed by atoms with Gasteiger partial charge in [0, 0.05) is 45.4 Å². The van der Waals surface area contributed by atoms with E-state index in [0.717, 1.165) is 29.8 Å². The second-order valence-electron chi connectivity index (χ2n) is 10.2. The van der Waals surface area contributed by atoms with Crippen LogP contribution in [0.3, 0.4) is 0 Å². The van der Waals surface area contributed by atoms with Gasteiger partial charge in [0.05, 0.1) is 35.0 Å². The summed E-state index contributed by atoms with van der Waals surface area (Å²) in [5.74, 6) is -0.315. The summed E-state index contributed by atoms with van der Waals surface area (Å²) in [6, 6.07) is 18.3. The highest BCUT2D eigenvalue weighted by molar-refractivity contribution is 6.42. The number of anilines is 1. The predicted molar refractivity (Wildman–Crippen MR) is 162 cm³/mol. The van der Waals surface area contributed by atoms with Crippen LogP contribution in [-0.2, 0) is 14.3 Å². The number of morpholine rings is 1. The maximum atomic E-state index is 13.7. The normalized spacial score (nSPS) is 15.9. The van der Waals surface area contributed by atoms with E-state index < -0.39 is 0 Å². The fourth-order valence-electron chi connectivity index (χ4n) is 5.15. The van der Waals surface area contributed by atoms with Crippen molar-refractivity contribution in [1.82, 2.24) is 15.1 Å². The van der Waals surface area contributed by atoms with Gasteiger partial charge in [0.1, 0.15) is 12.3 Å². The van der Waals surface area contributed by atoms with E-state index in [1.807, 2.05) is 42.5 Å². The quantitative estimate of drug-likeness (QED) is 0.409. The highest BCUT2D eigenvalue weighted by Crippen LogP contribution is 2.39. The molecule has 2 heterocycles. The lowest BCUT2D eigenvalue weighted by Crippen LogP contribution is -2.48. The third-order valence-corrected chi connectivity index (χ3v) is 8.34. The number of rotatable bonds is 8. The molecule has 1 fully saturated rings. The molecule has 3 aromatic carbocycles. The molecule has 1 N–H and O–H groups in total. The summed E-state index contributed by atoms with van der Waals surface area (Å²) in [6.07, 6.45) is 0. The molecule has 5 rings (SSSR count). The summed E-state index contributed by atoms with van der Waals surface area (Å²) in [6.45, 7) is 3.03. The third-order valence-electron chi connectivity index (χ3n) is 7.61. The number of fused-ring (bicyclic) bond motifs is 1. The fraction of sp³-hybridized carbons (Fsp3) is 0.323. The average molecular weight is 612 g/mol. The van der Waals surface area contributed by atoms with Crippen LogP contribution >= 0.6 is 23.2 Å². The van der Waals surface area contributed by atoms with E-state index in [0.29, 0.717) is 41.8 Å². The molecule has 0 radical (unpaired) electrons. The van der Waals surface area contributed by atoms with Crippen LogP contribution in [0.25, 0.3) is 11.1 Å². The van der Waals surface area contributed by atoms with Crippen molar-refractivity contribution in [3.63, 3.8) is 0 Å². The number of hydrogen-bond donors (Lipinski definition) is 1. The van der Waals surface area contributed by atoms with Crippen LogP contribution in [0.4, 0.5) is 5.69 Å². The number of amides is 3. The highest BCUT2D eigenvalue weighted by atomic mass is 35.5. The molecular formula is C31H32Cl2N4O5. The second-order valence-corrected chi connectivity index (χ2v) is 11.0. The zero-order chi connectivity index (χ0) is 29.8. The lowest BCUT2D eigenvalue weighted by atomic mass is 9.98. The lowest BCUT2D eigenvalue weighted by molar-refractivity contribution is -0.133. The van der Waals surface area contributed by atoms with Gasteiger partial charge < -0.3 is 19.7 Å². The van der Waals surface area contributed by atoms with Crippen molar-refractivity contribution in [1.29, 1.82) is 0 Å². The molecule has 0 bridgehead atoms. The van der Waals surface area contributed by atoms with Crippen LogP contribution in [-0.4, -0.2) is 87.6 Å². The first-order chi connectivity index (χ1) is 20.2. The number of halogens is 2. The standard InChI is InChI=1S/C31H32Cl2N4O5/c1-34-31(40)23-5-3-4-22(14-23)20-6-8-21(9-7-20)27(17-36-10-12-41-13-11-36)35(2)29(38)18-37-26-15-24(32)25(33)16-28(26)42-19-30(37)39/h3-9,14-16,27H,10-13,17-19H2,1-2H3,(H,34,40). The Morgan fingerprint density at radius 1 is 1.00 bits per heavy atom. The monoisotopic (exact) mass is 610 g/mol. The zero-order valence-corrected chi connectivity index (χ0v) is 25.0. The molecule has 0 aromatic heterocycles. The van der Waals surface area contributed by atoms with Gasteiger partial charge in [-0.3, -0.25) is 24.2 Å². The number of nitrogens with zero attached hydrogens (tertiary/aromatic N) is 3. The first-order valence-corrected chi connectivity index (χ1v) is 14.4. The van der Waals surface area contributed by atoms with Crippen LogP contribution in [0.1, 0.15) is 22.0 Å².